The van der Waals surface area contributed by atoms with Crippen molar-refractivity contribution >= 4 is 23.3 Å². The van der Waals surface area contributed by atoms with Gasteiger partial charge in [-0.05, 0) is 56.7 Å². The van der Waals surface area contributed by atoms with E-state index in [4.69, 9.17) is 4.74 Å². The number of ether oxygens (including phenoxy) is 1. The molecule has 4 aromatic carbocycles. The van der Waals surface area contributed by atoms with Crippen molar-refractivity contribution in [2.24, 2.45) is 0 Å². The summed E-state index contributed by atoms with van der Waals surface area (Å²) in [5.74, 6) is 0.674. The summed E-state index contributed by atoms with van der Waals surface area (Å²) >= 11 is 0. The number of hydrogen-bond acceptors (Lipinski definition) is 1. The minimum absolute atomic E-state index is 0.0742. The fourth-order valence-electron chi connectivity index (χ4n) is 6.14. The molecule has 33 heavy (non-hydrogen) atoms. The van der Waals surface area contributed by atoms with Gasteiger partial charge in [-0.25, -0.2) is 0 Å². The van der Waals surface area contributed by atoms with Crippen molar-refractivity contribution in [1.82, 2.24) is 0 Å². The van der Waals surface area contributed by atoms with E-state index in [-0.39, 0.29) is 12.2 Å². The Morgan fingerprint density at radius 2 is 0.848 bits per heavy atom. The zero-order valence-electron chi connectivity index (χ0n) is 18.3. The van der Waals surface area contributed by atoms with Crippen molar-refractivity contribution in [3.63, 3.8) is 0 Å². The molecule has 0 bridgehead atoms. The maximum Gasteiger partial charge on any atom is 0.0915 e. The predicted molar refractivity (Wildman–Crippen MR) is 136 cm³/mol. The second kappa shape index (κ2) is 7.43. The Balaban J connectivity index is 1.40. The molecule has 0 amide bonds. The minimum atomic E-state index is 0.0742. The third kappa shape index (κ3) is 2.90. The normalized spacial score (nSPS) is 26.8. The summed E-state index contributed by atoms with van der Waals surface area (Å²) in [6.45, 7) is 0. The van der Waals surface area contributed by atoms with Gasteiger partial charge >= 0.3 is 0 Å². The van der Waals surface area contributed by atoms with Crippen LogP contribution in [0.2, 0.25) is 0 Å². The molecule has 1 saturated heterocycles. The maximum absolute atomic E-state index is 7.01. The molecule has 0 saturated carbocycles. The lowest BCUT2D eigenvalue weighted by molar-refractivity contribution is 0.110. The molecule has 2 aliphatic carbocycles. The van der Waals surface area contributed by atoms with Gasteiger partial charge in [0.2, 0.25) is 0 Å². The molecule has 1 heteroatoms. The van der Waals surface area contributed by atoms with Crippen molar-refractivity contribution in [3.05, 3.63) is 143 Å². The summed E-state index contributed by atoms with van der Waals surface area (Å²) in [5.41, 5.74) is 10.6. The fraction of sp³-hybridized carbons (Fsp3) is 0.125. The highest BCUT2D eigenvalue weighted by molar-refractivity contribution is 5.94. The van der Waals surface area contributed by atoms with Gasteiger partial charge in [0.25, 0.3) is 0 Å². The lowest BCUT2D eigenvalue weighted by Gasteiger charge is -2.17. The summed E-state index contributed by atoms with van der Waals surface area (Å²) in [6.07, 6.45) is 4.81. The molecule has 4 atom stereocenters. The van der Waals surface area contributed by atoms with Crippen LogP contribution in [0.3, 0.4) is 0 Å². The summed E-state index contributed by atoms with van der Waals surface area (Å²) in [7, 11) is 0. The van der Waals surface area contributed by atoms with Gasteiger partial charge in [-0.2, -0.15) is 0 Å². The van der Waals surface area contributed by atoms with E-state index < -0.39 is 0 Å². The number of rotatable bonds is 2. The number of benzene rings is 4. The first-order valence-electron chi connectivity index (χ1n) is 11.8. The van der Waals surface area contributed by atoms with Gasteiger partial charge in [-0.1, -0.05) is 109 Å². The average Bonchev–Trinajstić information content (AvgIpc) is 3.49. The van der Waals surface area contributed by atoms with Crippen LogP contribution in [0.4, 0.5) is 0 Å². The Hall–Kier alpha value is -3.68. The summed E-state index contributed by atoms with van der Waals surface area (Å²) in [6, 6.07) is 39.1. The van der Waals surface area contributed by atoms with Crippen LogP contribution in [0.5, 0.6) is 0 Å². The van der Waals surface area contributed by atoms with E-state index in [1.807, 2.05) is 0 Å². The number of hydrogen-bond donors (Lipinski definition) is 0. The molecular weight excluding hydrogens is 400 g/mol. The van der Waals surface area contributed by atoms with Gasteiger partial charge in [0, 0.05) is 11.8 Å². The Bertz CT molecular complexity index is 1290. The van der Waals surface area contributed by atoms with E-state index in [0.29, 0.717) is 11.8 Å². The molecule has 3 aliphatic rings. The molecule has 1 nitrogen and oxygen atoms in total. The fourth-order valence-corrected chi connectivity index (χ4v) is 6.14. The highest BCUT2D eigenvalue weighted by atomic mass is 16.5. The Morgan fingerprint density at radius 3 is 1.30 bits per heavy atom. The van der Waals surface area contributed by atoms with Crippen LogP contribution in [0.1, 0.15) is 45.2 Å². The van der Waals surface area contributed by atoms with Crippen LogP contribution in [-0.2, 0) is 4.74 Å². The summed E-state index contributed by atoms with van der Waals surface area (Å²) < 4.78 is 7.01. The molecule has 1 heterocycles. The van der Waals surface area contributed by atoms with E-state index in [1.165, 1.54) is 44.5 Å². The first-order valence-corrected chi connectivity index (χ1v) is 11.8. The molecule has 4 aromatic rings. The zero-order chi connectivity index (χ0) is 21.8. The number of fused-ring (bicyclic) bond motifs is 7. The lowest BCUT2D eigenvalue weighted by atomic mass is 9.83. The van der Waals surface area contributed by atoms with Crippen molar-refractivity contribution in [1.29, 1.82) is 0 Å². The summed E-state index contributed by atoms with van der Waals surface area (Å²) in [4.78, 5) is 0. The first kappa shape index (κ1) is 18.8. The maximum atomic E-state index is 7.01. The first-order chi connectivity index (χ1) is 16.4. The van der Waals surface area contributed by atoms with E-state index >= 15 is 0 Å². The van der Waals surface area contributed by atoms with Gasteiger partial charge in [-0.15, -0.1) is 0 Å². The summed E-state index contributed by atoms with van der Waals surface area (Å²) in [5, 5.41) is 0. The van der Waals surface area contributed by atoms with Crippen LogP contribution >= 0.6 is 0 Å². The average molecular weight is 425 g/mol. The predicted octanol–water partition coefficient (Wildman–Crippen LogP) is 7.43. The molecule has 158 valence electrons. The zero-order valence-corrected chi connectivity index (χ0v) is 18.3. The monoisotopic (exact) mass is 424 g/mol. The van der Waals surface area contributed by atoms with Gasteiger partial charge in [0.1, 0.15) is 0 Å². The van der Waals surface area contributed by atoms with Crippen molar-refractivity contribution in [2.45, 2.75) is 24.0 Å². The minimum Gasteiger partial charge on any atom is -0.364 e. The van der Waals surface area contributed by atoms with Crippen molar-refractivity contribution < 1.29 is 4.74 Å². The second-order valence-electron chi connectivity index (χ2n) is 9.22. The molecule has 0 aromatic heterocycles. The molecule has 4 unspecified atom stereocenters. The van der Waals surface area contributed by atoms with Crippen LogP contribution in [0.15, 0.2) is 109 Å². The van der Waals surface area contributed by atoms with Gasteiger partial charge in [-0.3, -0.25) is 0 Å². The van der Waals surface area contributed by atoms with E-state index in [9.17, 15) is 0 Å². The van der Waals surface area contributed by atoms with Gasteiger partial charge in [0.05, 0.1) is 12.2 Å². The molecule has 0 radical (unpaired) electrons. The SMILES string of the molecule is C(=C1c2ccccc2C2C1OC1/C(=C\c3ccccc3)c3ccccc3C12)c1ccccc1. The van der Waals surface area contributed by atoms with Crippen LogP contribution in [0.25, 0.3) is 23.3 Å². The molecule has 0 spiro atoms. The van der Waals surface area contributed by atoms with Crippen molar-refractivity contribution in [2.75, 3.05) is 0 Å². The molecule has 1 aliphatic heterocycles. The second-order valence-corrected chi connectivity index (χ2v) is 9.22. The lowest BCUT2D eigenvalue weighted by Crippen LogP contribution is -2.12. The Morgan fingerprint density at radius 1 is 0.455 bits per heavy atom. The van der Waals surface area contributed by atoms with E-state index in [1.54, 1.807) is 0 Å². The molecule has 1 fully saturated rings. The Labute approximate surface area is 194 Å². The molecular formula is C32H24O. The third-order valence-corrected chi connectivity index (χ3v) is 7.45. The van der Waals surface area contributed by atoms with Crippen LogP contribution in [0, 0.1) is 0 Å². The largest absolute Gasteiger partial charge is 0.364 e. The highest BCUT2D eigenvalue weighted by Gasteiger charge is 2.56. The third-order valence-electron chi connectivity index (χ3n) is 7.45. The highest BCUT2D eigenvalue weighted by Crippen LogP contribution is 2.62. The standard InChI is InChI=1S/C32H24O/c1-3-11-21(12-4-1)19-27-23-15-7-9-17-25(23)29-30-26-18-10-8-16-24(26)28(32(30)33-31(27)29)20-22-13-5-2-6-14-22/h1-20,29-32H/b27-19-,28-20?. The van der Waals surface area contributed by atoms with E-state index in [2.05, 4.69) is 121 Å². The smallest absolute Gasteiger partial charge is 0.0915 e. The Kier molecular flexibility index (Phi) is 4.25. The van der Waals surface area contributed by atoms with Gasteiger partial charge in [0.15, 0.2) is 0 Å². The molecule has 0 N–H and O–H groups in total. The van der Waals surface area contributed by atoms with Gasteiger partial charge < -0.3 is 4.74 Å². The molecule has 7 rings (SSSR count). The van der Waals surface area contributed by atoms with Crippen molar-refractivity contribution in [3.8, 4) is 0 Å². The van der Waals surface area contributed by atoms with E-state index in [0.717, 1.165) is 0 Å². The van der Waals surface area contributed by atoms with Crippen LogP contribution in [-0.4, -0.2) is 12.2 Å². The van der Waals surface area contributed by atoms with Crippen LogP contribution < -0.4 is 0 Å². The topological polar surface area (TPSA) is 9.23 Å². The quantitative estimate of drug-likeness (QED) is 0.325.